The van der Waals surface area contributed by atoms with Gasteiger partial charge in [-0.1, -0.05) is 19.3 Å². The van der Waals surface area contributed by atoms with Gasteiger partial charge in [0.2, 0.25) is 0 Å². The maximum Gasteiger partial charge on any atom is 0.291 e. The summed E-state index contributed by atoms with van der Waals surface area (Å²) in [6.45, 7) is 3.88. The van der Waals surface area contributed by atoms with E-state index in [1.165, 1.54) is 36.9 Å². The van der Waals surface area contributed by atoms with Gasteiger partial charge in [0.15, 0.2) is 5.76 Å². The van der Waals surface area contributed by atoms with Crippen molar-refractivity contribution in [3.05, 3.63) is 70.0 Å². The summed E-state index contributed by atoms with van der Waals surface area (Å²) in [5.74, 6) is -0.239. The van der Waals surface area contributed by atoms with Gasteiger partial charge in [-0.05, 0) is 68.1 Å². The van der Waals surface area contributed by atoms with E-state index in [4.69, 9.17) is 9.41 Å². The first-order chi connectivity index (χ1) is 14.5. The molecule has 0 aromatic carbocycles. The Morgan fingerprint density at radius 1 is 1.17 bits per heavy atom. The molecule has 7 heteroatoms. The number of carbonyl (C=O) groups is 2. The van der Waals surface area contributed by atoms with Crippen LogP contribution in [-0.4, -0.2) is 22.4 Å². The lowest BCUT2D eigenvalue weighted by Gasteiger charge is -2.18. The van der Waals surface area contributed by atoms with Crippen LogP contribution in [0.2, 0.25) is 0 Å². The number of amides is 1. The molecule has 0 unspecified atom stereocenters. The van der Waals surface area contributed by atoms with Crippen LogP contribution >= 0.6 is 11.3 Å². The Morgan fingerprint density at radius 2 is 1.97 bits per heavy atom. The Labute approximate surface area is 179 Å². The van der Waals surface area contributed by atoms with E-state index in [1.807, 2.05) is 32.0 Å². The first-order valence-electron chi connectivity index (χ1n) is 10.2. The van der Waals surface area contributed by atoms with E-state index in [2.05, 4.69) is 5.32 Å². The predicted octanol–water partition coefficient (Wildman–Crippen LogP) is 4.93. The van der Waals surface area contributed by atoms with Crippen LogP contribution < -0.4 is 10.8 Å². The quantitative estimate of drug-likeness (QED) is 0.646. The third-order valence-corrected chi connectivity index (χ3v) is 6.43. The minimum atomic E-state index is -0.337. The van der Waals surface area contributed by atoms with Crippen molar-refractivity contribution in [2.24, 2.45) is 4.99 Å². The number of carbonyl (C=O) groups excluding carboxylic acids is 2. The lowest BCUT2D eigenvalue weighted by molar-refractivity contribution is 0.0956. The largest absolute Gasteiger partial charge is 0.459 e. The van der Waals surface area contributed by atoms with Gasteiger partial charge in [0.1, 0.15) is 5.49 Å². The maximum atomic E-state index is 13.4. The second kappa shape index (κ2) is 8.83. The van der Waals surface area contributed by atoms with Gasteiger partial charge in [-0.2, -0.15) is 0 Å². The molecule has 3 aromatic rings. The molecule has 1 aliphatic rings. The number of hydrogen-bond acceptors (Lipinski definition) is 5. The Hall–Kier alpha value is -2.93. The lowest BCUT2D eigenvalue weighted by Crippen LogP contribution is -2.29. The van der Waals surface area contributed by atoms with Crippen molar-refractivity contribution in [1.82, 2.24) is 4.57 Å². The lowest BCUT2D eigenvalue weighted by atomic mass is 9.96. The number of nitrogens with zero attached hydrogens (tertiary/aromatic N) is 2. The summed E-state index contributed by atoms with van der Waals surface area (Å²) in [4.78, 5) is 31.1. The van der Waals surface area contributed by atoms with Crippen LogP contribution in [0.5, 0.6) is 0 Å². The SMILES string of the molecule is Cc1ccn(C(=O)c2sc(NC(=O)c3ccco3)cc2C)c(=NC2CCCCC2)c1. The molecule has 156 valence electrons. The number of thiophene rings is 1. The fraction of sp³-hybridized carbons (Fsp3) is 0.348. The van der Waals surface area contributed by atoms with Gasteiger partial charge in [-0.3, -0.25) is 19.1 Å². The van der Waals surface area contributed by atoms with Crippen molar-refractivity contribution in [3.8, 4) is 0 Å². The molecule has 1 amide bonds. The van der Waals surface area contributed by atoms with Crippen molar-refractivity contribution >= 4 is 28.2 Å². The molecule has 1 N–H and O–H groups in total. The third-order valence-electron chi connectivity index (χ3n) is 5.29. The number of aryl methyl sites for hydroxylation is 2. The number of aromatic nitrogens is 1. The van der Waals surface area contributed by atoms with E-state index in [0.29, 0.717) is 15.4 Å². The molecule has 3 aromatic heterocycles. The molecular weight excluding hydrogens is 398 g/mol. The fourth-order valence-corrected chi connectivity index (χ4v) is 4.71. The third kappa shape index (κ3) is 4.46. The highest BCUT2D eigenvalue weighted by Crippen LogP contribution is 2.28. The number of anilines is 1. The van der Waals surface area contributed by atoms with E-state index in [1.54, 1.807) is 22.9 Å². The van der Waals surface area contributed by atoms with Crippen LogP contribution in [-0.2, 0) is 0 Å². The molecule has 0 spiro atoms. The summed E-state index contributed by atoms with van der Waals surface area (Å²) in [5.41, 5.74) is 2.58. The average Bonchev–Trinajstić information content (AvgIpc) is 3.38. The first-order valence-corrected chi connectivity index (χ1v) is 11.1. The molecule has 1 fully saturated rings. The van der Waals surface area contributed by atoms with E-state index < -0.39 is 0 Å². The van der Waals surface area contributed by atoms with Crippen LogP contribution in [0.3, 0.4) is 0 Å². The van der Waals surface area contributed by atoms with Gasteiger partial charge in [0.25, 0.3) is 11.8 Å². The van der Waals surface area contributed by atoms with Gasteiger partial charge in [0.05, 0.1) is 22.2 Å². The summed E-state index contributed by atoms with van der Waals surface area (Å²) < 4.78 is 6.75. The average molecular weight is 424 g/mol. The van der Waals surface area contributed by atoms with Gasteiger partial charge in [-0.15, -0.1) is 11.3 Å². The molecule has 4 rings (SSSR count). The predicted molar refractivity (Wildman–Crippen MR) is 117 cm³/mol. The van der Waals surface area contributed by atoms with Crippen LogP contribution in [0.25, 0.3) is 0 Å². The van der Waals surface area contributed by atoms with Gasteiger partial charge in [0, 0.05) is 6.20 Å². The zero-order valence-corrected chi connectivity index (χ0v) is 18.0. The number of hydrogen-bond donors (Lipinski definition) is 1. The fourth-order valence-electron chi connectivity index (χ4n) is 3.70. The Kier molecular flexibility index (Phi) is 5.99. The molecule has 6 nitrogen and oxygen atoms in total. The highest BCUT2D eigenvalue weighted by Gasteiger charge is 2.19. The number of nitrogens with one attached hydrogen (secondary N) is 1. The van der Waals surface area contributed by atoms with Crippen LogP contribution in [0.15, 0.2) is 52.2 Å². The Bertz CT molecular complexity index is 1120. The van der Waals surface area contributed by atoms with Crippen LogP contribution in [0.4, 0.5) is 5.00 Å². The minimum absolute atomic E-state index is 0.134. The van der Waals surface area contributed by atoms with E-state index in [-0.39, 0.29) is 23.6 Å². The molecule has 0 aliphatic heterocycles. The smallest absolute Gasteiger partial charge is 0.291 e. The van der Waals surface area contributed by atoms with Crippen molar-refractivity contribution < 1.29 is 14.0 Å². The standard InChI is InChI=1S/C23H25N3O3S/c1-15-10-11-26(19(13-15)24-17-7-4-3-5-8-17)23(28)21-16(2)14-20(30-21)25-22(27)18-9-6-12-29-18/h6,9-14,17H,3-5,7-8H2,1-2H3,(H,25,27). The monoisotopic (exact) mass is 423 g/mol. The highest BCUT2D eigenvalue weighted by molar-refractivity contribution is 7.18. The van der Waals surface area contributed by atoms with E-state index >= 15 is 0 Å². The van der Waals surface area contributed by atoms with Gasteiger partial charge < -0.3 is 9.73 Å². The zero-order chi connectivity index (χ0) is 21.1. The summed E-state index contributed by atoms with van der Waals surface area (Å²) in [6.07, 6.45) is 9.04. The second-order valence-corrected chi connectivity index (χ2v) is 8.76. The first kappa shape index (κ1) is 20.3. The highest BCUT2D eigenvalue weighted by atomic mass is 32.1. The molecular formula is C23H25N3O3S. The van der Waals surface area contributed by atoms with Crippen molar-refractivity contribution in [1.29, 1.82) is 0 Å². The van der Waals surface area contributed by atoms with Crippen molar-refractivity contribution in [2.75, 3.05) is 5.32 Å². The van der Waals surface area contributed by atoms with E-state index in [9.17, 15) is 9.59 Å². The van der Waals surface area contributed by atoms with Gasteiger partial charge >= 0.3 is 0 Å². The molecule has 3 heterocycles. The van der Waals surface area contributed by atoms with Crippen molar-refractivity contribution in [2.45, 2.75) is 52.0 Å². The molecule has 0 atom stereocenters. The molecule has 1 saturated carbocycles. The molecule has 0 saturated heterocycles. The summed E-state index contributed by atoms with van der Waals surface area (Å²) in [7, 11) is 0. The molecule has 0 bridgehead atoms. The summed E-state index contributed by atoms with van der Waals surface area (Å²) in [6, 6.07) is 9.23. The van der Waals surface area contributed by atoms with Gasteiger partial charge in [-0.25, -0.2) is 0 Å². The van der Waals surface area contributed by atoms with Crippen molar-refractivity contribution in [3.63, 3.8) is 0 Å². The second-order valence-electron chi connectivity index (χ2n) is 7.71. The Morgan fingerprint density at radius 3 is 2.70 bits per heavy atom. The topological polar surface area (TPSA) is 76.6 Å². The Balaban J connectivity index is 1.63. The van der Waals surface area contributed by atoms with Crippen LogP contribution in [0, 0.1) is 13.8 Å². The van der Waals surface area contributed by atoms with E-state index in [0.717, 1.165) is 24.0 Å². The normalized spacial score (nSPS) is 15.3. The van der Waals surface area contributed by atoms with Crippen LogP contribution in [0.1, 0.15) is 63.5 Å². The number of rotatable bonds is 4. The minimum Gasteiger partial charge on any atom is -0.459 e. The molecule has 0 radical (unpaired) electrons. The number of furan rings is 1. The number of pyridine rings is 1. The molecule has 30 heavy (non-hydrogen) atoms. The summed E-state index contributed by atoms with van der Waals surface area (Å²) in [5, 5.41) is 3.41. The molecule has 1 aliphatic carbocycles. The zero-order valence-electron chi connectivity index (χ0n) is 17.2. The summed E-state index contributed by atoms with van der Waals surface area (Å²) >= 11 is 1.26. The maximum absolute atomic E-state index is 13.4.